The second kappa shape index (κ2) is 4.47. The van der Waals surface area contributed by atoms with E-state index in [-0.39, 0.29) is 12.0 Å². The molecule has 5 nitrogen and oxygen atoms in total. The number of hydrogen-bond acceptors (Lipinski definition) is 4. The molecule has 0 aliphatic carbocycles. The van der Waals surface area contributed by atoms with Crippen molar-refractivity contribution in [1.82, 2.24) is 4.98 Å². The molecule has 0 unspecified atom stereocenters. The average Bonchev–Trinajstić information content (AvgIpc) is 2.38. The van der Waals surface area contributed by atoms with E-state index >= 15 is 0 Å². The van der Waals surface area contributed by atoms with Gasteiger partial charge in [-0.25, -0.2) is 0 Å². The summed E-state index contributed by atoms with van der Waals surface area (Å²) in [6.07, 6.45) is 1.50. The second-order valence-corrected chi connectivity index (χ2v) is 3.55. The number of pyridine rings is 1. The molecule has 0 spiro atoms. The average molecular weight is 235 g/mol. The Hall–Kier alpha value is -2.01. The Morgan fingerprint density at radius 2 is 1.88 bits per heavy atom. The van der Waals surface area contributed by atoms with Crippen molar-refractivity contribution in [2.45, 2.75) is 6.61 Å². The van der Waals surface area contributed by atoms with Crippen LogP contribution in [0.1, 0.15) is 5.56 Å². The molecule has 0 amide bonds. The molecule has 0 aliphatic heterocycles. The first-order chi connectivity index (χ1) is 8.21. The van der Waals surface area contributed by atoms with Gasteiger partial charge in [-0.1, -0.05) is 0 Å². The highest BCUT2D eigenvalue weighted by atomic mass is 16.5. The van der Waals surface area contributed by atoms with Crippen LogP contribution in [0.3, 0.4) is 0 Å². The van der Waals surface area contributed by atoms with E-state index in [4.69, 9.17) is 14.6 Å². The highest BCUT2D eigenvalue weighted by molar-refractivity contribution is 5.82. The molecule has 2 N–H and O–H groups in total. The lowest BCUT2D eigenvalue weighted by Crippen LogP contribution is -2.10. The summed E-state index contributed by atoms with van der Waals surface area (Å²) in [6, 6.07) is 3.29. The second-order valence-electron chi connectivity index (χ2n) is 3.55. The zero-order valence-electron chi connectivity index (χ0n) is 9.61. The standard InChI is InChI=1S/C12H13NO4/c1-16-10-3-8-9(4-11(10)17-2)13-5-7(6-14)12(8)15/h3-5,14H,6H2,1-2H3,(H,13,15). The molecule has 90 valence electrons. The Bertz CT molecular complexity index is 603. The summed E-state index contributed by atoms with van der Waals surface area (Å²) in [5, 5.41) is 9.50. The fraction of sp³-hybridized carbons (Fsp3) is 0.250. The molecular weight excluding hydrogens is 222 g/mol. The molecule has 1 aromatic carbocycles. The highest BCUT2D eigenvalue weighted by Crippen LogP contribution is 2.29. The predicted octanol–water partition coefficient (Wildman–Crippen LogP) is 1.04. The number of fused-ring (bicyclic) bond motifs is 1. The van der Waals surface area contributed by atoms with Gasteiger partial charge in [-0.3, -0.25) is 4.79 Å². The van der Waals surface area contributed by atoms with Crippen molar-refractivity contribution in [3.8, 4) is 11.5 Å². The number of aliphatic hydroxyl groups is 1. The van der Waals surface area contributed by atoms with Gasteiger partial charge in [0.05, 0.1) is 26.3 Å². The number of methoxy groups -OCH3 is 2. The smallest absolute Gasteiger partial charge is 0.195 e. The number of nitrogens with one attached hydrogen (secondary N) is 1. The zero-order valence-corrected chi connectivity index (χ0v) is 9.61. The molecule has 2 aromatic rings. The van der Waals surface area contributed by atoms with E-state index in [9.17, 15) is 4.79 Å². The predicted molar refractivity (Wildman–Crippen MR) is 63.6 cm³/mol. The third-order valence-corrected chi connectivity index (χ3v) is 2.63. The van der Waals surface area contributed by atoms with Crippen LogP contribution in [0.2, 0.25) is 0 Å². The number of ether oxygens (including phenoxy) is 2. The fourth-order valence-electron chi connectivity index (χ4n) is 1.71. The first kappa shape index (κ1) is 11.5. The number of hydrogen-bond donors (Lipinski definition) is 2. The highest BCUT2D eigenvalue weighted by Gasteiger charge is 2.10. The molecule has 5 heteroatoms. The fourth-order valence-corrected chi connectivity index (χ4v) is 1.71. The molecule has 0 bridgehead atoms. The summed E-state index contributed by atoms with van der Waals surface area (Å²) < 4.78 is 10.3. The van der Waals surface area contributed by atoms with E-state index in [2.05, 4.69) is 4.98 Å². The van der Waals surface area contributed by atoms with Crippen molar-refractivity contribution >= 4 is 10.9 Å². The molecule has 0 aliphatic rings. The first-order valence-corrected chi connectivity index (χ1v) is 5.08. The Morgan fingerprint density at radius 3 is 2.47 bits per heavy atom. The van der Waals surface area contributed by atoms with E-state index in [1.54, 1.807) is 12.1 Å². The van der Waals surface area contributed by atoms with Crippen LogP contribution < -0.4 is 14.9 Å². The van der Waals surface area contributed by atoms with E-state index in [1.807, 2.05) is 0 Å². The number of aromatic nitrogens is 1. The minimum atomic E-state index is -0.292. The van der Waals surface area contributed by atoms with E-state index in [0.717, 1.165) is 0 Å². The van der Waals surface area contributed by atoms with E-state index in [0.29, 0.717) is 28.0 Å². The van der Waals surface area contributed by atoms with Gasteiger partial charge >= 0.3 is 0 Å². The normalized spacial score (nSPS) is 10.5. The number of benzene rings is 1. The third-order valence-electron chi connectivity index (χ3n) is 2.63. The van der Waals surface area contributed by atoms with Crippen LogP contribution >= 0.6 is 0 Å². The molecule has 2 rings (SSSR count). The largest absolute Gasteiger partial charge is 0.493 e. The lowest BCUT2D eigenvalue weighted by molar-refractivity contribution is 0.280. The summed E-state index contributed by atoms with van der Waals surface area (Å²) >= 11 is 0. The maximum Gasteiger partial charge on any atom is 0.195 e. The Labute approximate surface area is 97.6 Å². The number of rotatable bonds is 3. The van der Waals surface area contributed by atoms with Crippen molar-refractivity contribution in [2.24, 2.45) is 0 Å². The quantitative estimate of drug-likeness (QED) is 0.833. The molecule has 0 atom stereocenters. The summed E-state index contributed by atoms with van der Waals surface area (Å²) in [5.41, 5.74) is 0.761. The molecule has 17 heavy (non-hydrogen) atoms. The minimum absolute atomic E-state index is 0.206. The third kappa shape index (κ3) is 1.85. The maximum absolute atomic E-state index is 12.0. The van der Waals surface area contributed by atoms with Crippen LogP contribution in [0.15, 0.2) is 23.1 Å². The molecule has 0 radical (unpaired) electrons. The monoisotopic (exact) mass is 235 g/mol. The first-order valence-electron chi connectivity index (χ1n) is 5.08. The van der Waals surface area contributed by atoms with Crippen molar-refractivity contribution in [1.29, 1.82) is 0 Å². The van der Waals surface area contributed by atoms with Gasteiger partial charge < -0.3 is 19.6 Å². The van der Waals surface area contributed by atoms with Gasteiger partial charge in [-0.05, 0) is 6.07 Å². The lowest BCUT2D eigenvalue weighted by atomic mass is 10.1. The number of aromatic amines is 1. The van der Waals surface area contributed by atoms with Crippen LogP contribution in [-0.4, -0.2) is 24.3 Å². The SMILES string of the molecule is COc1cc2[nH]cc(CO)c(=O)c2cc1OC. The van der Waals surface area contributed by atoms with E-state index < -0.39 is 0 Å². The van der Waals surface area contributed by atoms with Crippen molar-refractivity contribution in [3.05, 3.63) is 34.1 Å². The zero-order chi connectivity index (χ0) is 12.4. The van der Waals surface area contributed by atoms with Crippen LogP contribution in [0.5, 0.6) is 11.5 Å². The van der Waals surface area contributed by atoms with Crippen molar-refractivity contribution in [2.75, 3.05) is 14.2 Å². The van der Waals surface area contributed by atoms with Crippen LogP contribution in [0.4, 0.5) is 0 Å². The Kier molecular flexibility index (Phi) is 3.01. The topological polar surface area (TPSA) is 71.5 Å². The number of H-pyrrole nitrogens is 1. The summed E-state index contributed by atoms with van der Waals surface area (Å²) in [6.45, 7) is -0.292. The van der Waals surface area contributed by atoms with Crippen LogP contribution in [0, 0.1) is 0 Å². The Balaban J connectivity index is 2.79. The molecule has 0 saturated carbocycles. The van der Waals surface area contributed by atoms with Crippen molar-refractivity contribution < 1.29 is 14.6 Å². The van der Waals surface area contributed by atoms with Gasteiger partial charge in [0.2, 0.25) is 0 Å². The van der Waals surface area contributed by atoms with Gasteiger partial charge in [0.25, 0.3) is 0 Å². The van der Waals surface area contributed by atoms with Gasteiger partial charge in [0.15, 0.2) is 16.9 Å². The summed E-state index contributed by atoms with van der Waals surface area (Å²) in [7, 11) is 3.04. The molecule has 1 heterocycles. The summed E-state index contributed by atoms with van der Waals surface area (Å²) in [4.78, 5) is 14.9. The van der Waals surface area contributed by atoms with Gasteiger partial charge in [-0.15, -0.1) is 0 Å². The van der Waals surface area contributed by atoms with Crippen molar-refractivity contribution in [3.63, 3.8) is 0 Å². The lowest BCUT2D eigenvalue weighted by Gasteiger charge is -2.09. The maximum atomic E-state index is 12.0. The molecule has 1 aromatic heterocycles. The minimum Gasteiger partial charge on any atom is -0.493 e. The molecule has 0 fully saturated rings. The van der Waals surface area contributed by atoms with Gasteiger partial charge in [-0.2, -0.15) is 0 Å². The van der Waals surface area contributed by atoms with E-state index in [1.165, 1.54) is 20.4 Å². The number of aliphatic hydroxyl groups excluding tert-OH is 1. The molecule has 0 saturated heterocycles. The van der Waals surface area contributed by atoms with Crippen LogP contribution in [-0.2, 0) is 6.61 Å². The van der Waals surface area contributed by atoms with Gasteiger partial charge in [0, 0.05) is 23.2 Å². The van der Waals surface area contributed by atoms with Crippen LogP contribution in [0.25, 0.3) is 10.9 Å². The molecular formula is C12H13NO4. The summed E-state index contributed by atoms with van der Waals surface area (Å²) in [5.74, 6) is 1.04. The van der Waals surface area contributed by atoms with Gasteiger partial charge in [0.1, 0.15) is 0 Å². The Morgan fingerprint density at radius 1 is 1.24 bits per heavy atom.